The molecule has 4 aliphatic rings. The third kappa shape index (κ3) is 2.72. The molecule has 3 unspecified atom stereocenters. The van der Waals surface area contributed by atoms with Crippen LogP contribution in [-0.2, 0) is 4.79 Å². The van der Waals surface area contributed by atoms with Gasteiger partial charge >= 0.3 is 0 Å². The maximum Gasteiger partial charge on any atom is 0.167 e. The smallest absolute Gasteiger partial charge is 0.167 e. The highest BCUT2D eigenvalue weighted by Crippen LogP contribution is 2.64. The van der Waals surface area contributed by atoms with Crippen molar-refractivity contribution in [2.24, 2.45) is 34.5 Å². The minimum absolute atomic E-state index is 0.0684. The van der Waals surface area contributed by atoms with Gasteiger partial charge in [-0.3, -0.25) is 9.59 Å². The lowest BCUT2D eigenvalue weighted by Crippen LogP contribution is -2.57. The molecule has 2 saturated carbocycles. The van der Waals surface area contributed by atoms with Crippen molar-refractivity contribution in [1.29, 1.82) is 0 Å². The molecule has 3 aliphatic carbocycles. The fourth-order valence-corrected chi connectivity index (χ4v) is 8.20. The lowest BCUT2D eigenvalue weighted by Gasteiger charge is -2.58. The van der Waals surface area contributed by atoms with E-state index < -0.39 is 0 Å². The number of piperidine rings is 1. The highest BCUT2D eigenvalue weighted by Gasteiger charge is 2.60. The molecule has 0 spiro atoms. The summed E-state index contributed by atoms with van der Waals surface area (Å²) in [7, 11) is 0. The van der Waals surface area contributed by atoms with Gasteiger partial charge in [-0.25, -0.2) is 0 Å². The van der Waals surface area contributed by atoms with Crippen LogP contribution in [0.4, 0.5) is 0 Å². The van der Waals surface area contributed by atoms with Gasteiger partial charge < -0.3 is 5.32 Å². The number of nitrogens with one attached hydrogen (secondary N) is 1. The van der Waals surface area contributed by atoms with E-state index >= 15 is 0 Å². The standard InChI is InChI=1S/C29H33NO2/c1-28-15-13-24-22(17-30-26-16-19(31)12-14-29(24,26)2)23(28)10-11-25(28)27(32)21-9-5-7-18-6-3-4-8-20(18)21/h3-9,16,22-25,30H,10-15,17H2,1-2H3/t22?,23?,24?,25-,28+,29-/m1/s1. The van der Waals surface area contributed by atoms with E-state index in [9.17, 15) is 9.59 Å². The summed E-state index contributed by atoms with van der Waals surface area (Å²) < 4.78 is 0. The molecule has 1 saturated heterocycles. The van der Waals surface area contributed by atoms with Crippen LogP contribution in [0.1, 0.15) is 62.7 Å². The van der Waals surface area contributed by atoms with Gasteiger partial charge in [-0.15, -0.1) is 0 Å². The summed E-state index contributed by atoms with van der Waals surface area (Å²) in [5, 5.41) is 5.92. The van der Waals surface area contributed by atoms with E-state index in [1.165, 1.54) is 12.1 Å². The van der Waals surface area contributed by atoms with Gasteiger partial charge in [0.05, 0.1) is 0 Å². The highest BCUT2D eigenvalue weighted by molar-refractivity contribution is 6.09. The number of fused-ring (bicyclic) bond motifs is 6. The van der Waals surface area contributed by atoms with Crippen molar-refractivity contribution in [2.45, 2.75) is 52.4 Å². The van der Waals surface area contributed by atoms with Crippen LogP contribution in [0.25, 0.3) is 10.8 Å². The van der Waals surface area contributed by atoms with E-state index in [1.54, 1.807) is 0 Å². The largest absolute Gasteiger partial charge is 0.387 e. The number of hydrogen-bond acceptors (Lipinski definition) is 3. The fraction of sp³-hybridized carbons (Fsp3) is 0.517. The zero-order chi connectivity index (χ0) is 22.1. The molecule has 1 aliphatic heterocycles. The van der Waals surface area contributed by atoms with E-state index in [0.717, 1.165) is 48.6 Å². The molecule has 0 aromatic heterocycles. The fourth-order valence-electron chi connectivity index (χ4n) is 8.20. The lowest BCUT2D eigenvalue weighted by atomic mass is 9.49. The molecule has 32 heavy (non-hydrogen) atoms. The zero-order valence-electron chi connectivity index (χ0n) is 19.2. The van der Waals surface area contributed by atoms with Crippen LogP contribution in [0.3, 0.4) is 0 Å². The van der Waals surface area contributed by atoms with Crippen LogP contribution in [0, 0.1) is 34.5 Å². The van der Waals surface area contributed by atoms with Gasteiger partial charge in [0.2, 0.25) is 0 Å². The molecule has 1 heterocycles. The third-order valence-corrected chi connectivity index (χ3v) is 9.97. The molecule has 2 aromatic rings. The van der Waals surface area contributed by atoms with Crippen molar-refractivity contribution in [3.8, 4) is 0 Å². The Bertz CT molecular complexity index is 1140. The molecule has 0 amide bonds. The predicted octanol–water partition coefficient (Wildman–Crippen LogP) is 5.94. The summed E-state index contributed by atoms with van der Waals surface area (Å²) in [4.78, 5) is 26.0. The molecule has 166 valence electrons. The van der Waals surface area contributed by atoms with Crippen molar-refractivity contribution in [3.05, 3.63) is 59.8 Å². The van der Waals surface area contributed by atoms with Crippen molar-refractivity contribution < 1.29 is 9.59 Å². The van der Waals surface area contributed by atoms with Crippen LogP contribution in [0.15, 0.2) is 54.2 Å². The summed E-state index contributed by atoms with van der Waals surface area (Å²) in [5.41, 5.74) is 2.25. The van der Waals surface area contributed by atoms with Crippen LogP contribution in [0.5, 0.6) is 0 Å². The van der Waals surface area contributed by atoms with Gasteiger partial charge in [0.25, 0.3) is 0 Å². The van der Waals surface area contributed by atoms with Crippen molar-refractivity contribution in [3.63, 3.8) is 0 Å². The molecule has 1 N–H and O–H groups in total. The topological polar surface area (TPSA) is 46.2 Å². The molecule has 6 atom stereocenters. The Kier molecular flexibility index (Phi) is 4.44. The van der Waals surface area contributed by atoms with Gasteiger partial charge in [-0.1, -0.05) is 56.3 Å². The van der Waals surface area contributed by atoms with E-state index in [2.05, 4.69) is 37.4 Å². The van der Waals surface area contributed by atoms with Crippen LogP contribution >= 0.6 is 0 Å². The predicted molar refractivity (Wildman–Crippen MR) is 127 cm³/mol. The Labute approximate surface area is 190 Å². The van der Waals surface area contributed by atoms with Crippen molar-refractivity contribution in [2.75, 3.05) is 6.54 Å². The molecule has 0 radical (unpaired) electrons. The summed E-state index contributed by atoms with van der Waals surface area (Å²) in [6.45, 7) is 5.74. The molecular weight excluding hydrogens is 394 g/mol. The number of carbonyl (C=O) groups excluding carboxylic acids is 2. The van der Waals surface area contributed by atoms with E-state index in [-0.39, 0.29) is 22.5 Å². The zero-order valence-corrected chi connectivity index (χ0v) is 19.2. The molecular formula is C29H33NO2. The lowest BCUT2D eigenvalue weighted by molar-refractivity contribution is -0.117. The first-order chi connectivity index (χ1) is 15.4. The maximum absolute atomic E-state index is 13.9. The van der Waals surface area contributed by atoms with Crippen LogP contribution in [0.2, 0.25) is 0 Å². The van der Waals surface area contributed by atoms with E-state index in [4.69, 9.17) is 0 Å². The Morgan fingerprint density at radius 1 is 0.969 bits per heavy atom. The second kappa shape index (κ2) is 7.04. The number of allylic oxidation sites excluding steroid dienone is 2. The van der Waals surface area contributed by atoms with Gasteiger partial charge in [0.15, 0.2) is 11.6 Å². The van der Waals surface area contributed by atoms with E-state index in [0.29, 0.717) is 30.0 Å². The summed E-state index contributed by atoms with van der Waals surface area (Å²) in [5.74, 6) is 2.52. The second-order valence-corrected chi connectivity index (χ2v) is 11.3. The second-order valence-electron chi connectivity index (χ2n) is 11.3. The number of hydrogen-bond donors (Lipinski definition) is 1. The van der Waals surface area contributed by atoms with Gasteiger partial charge in [-0.2, -0.15) is 0 Å². The van der Waals surface area contributed by atoms with Crippen molar-refractivity contribution >= 4 is 22.3 Å². The Hall–Kier alpha value is -2.42. The monoisotopic (exact) mass is 427 g/mol. The molecule has 2 aromatic carbocycles. The molecule has 3 fully saturated rings. The first kappa shape index (κ1) is 20.2. The third-order valence-electron chi connectivity index (χ3n) is 9.97. The average Bonchev–Trinajstić information content (AvgIpc) is 3.16. The van der Waals surface area contributed by atoms with Crippen LogP contribution in [-0.4, -0.2) is 18.1 Å². The average molecular weight is 428 g/mol. The first-order valence-corrected chi connectivity index (χ1v) is 12.4. The molecule has 6 rings (SSSR count). The SMILES string of the molecule is C[C@]12CCC(=O)C=C1NCC1C2CC[C@@]2(C)C1CC[C@@H]2C(=O)c1cccc2ccccc12. The Balaban J connectivity index is 1.32. The molecule has 3 nitrogen and oxygen atoms in total. The van der Waals surface area contributed by atoms with Gasteiger partial charge in [0, 0.05) is 41.6 Å². The summed E-state index contributed by atoms with van der Waals surface area (Å²) >= 11 is 0. The summed E-state index contributed by atoms with van der Waals surface area (Å²) in [6, 6.07) is 14.5. The maximum atomic E-state index is 13.9. The highest BCUT2D eigenvalue weighted by atomic mass is 16.1. The number of rotatable bonds is 2. The number of carbonyl (C=O) groups is 2. The molecule has 3 heteroatoms. The number of Topliss-reactive ketones (excluding diaryl/α,β-unsaturated/α-hetero) is 1. The number of ketones is 2. The normalized spacial score (nSPS) is 38.3. The Morgan fingerprint density at radius 3 is 2.66 bits per heavy atom. The quantitative estimate of drug-likeness (QED) is 0.604. The minimum Gasteiger partial charge on any atom is -0.387 e. The first-order valence-electron chi connectivity index (χ1n) is 12.4. The van der Waals surface area contributed by atoms with Gasteiger partial charge in [0.1, 0.15) is 0 Å². The Morgan fingerprint density at radius 2 is 1.78 bits per heavy atom. The van der Waals surface area contributed by atoms with Crippen LogP contribution < -0.4 is 5.32 Å². The minimum atomic E-state index is 0.0684. The number of benzene rings is 2. The molecule has 0 bridgehead atoms. The summed E-state index contributed by atoms with van der Waals surface area (Å²) in [6.07, 6.45) is 7.97. The van der Waals surface area contributed by atoms with Gasteiger partial charge in [-0.05, 0) is 66.0 Å². The van der Waals surface area contributed by atoms with Crippen molar-refractivity contribution in [1.82, 2.24) is 5.32 Å². The van der Waals surface area contributed by atoms with E-state index in [1.807, 2.05) is 30.3 Å².